The first-order chi connectivity index (χ1) is 18.9. The van der Waals surface area contributed by atoms with Crippen LogP contribution in [0.2, 0.25) is 0 Å². The van der Waals surface area contributed by atoms with Gasteiger partial charge in [-0.25, -0.2) is 9.59 Å². The van der Waals surface area contributed by atoms with Crippen LogP contribution in [0.25, 0.3) is 22.1 Å². The Morgan fingerprint density at radius 2 is 1.80 bits per heavy atom. The van der Waals surface area contributed by atoms with Gasteiger partial charge in [0.25, 0.3) is 0 Å². The van der Waals surface area contributed by atoms with Gasteiger partial charge in [-0.2, -0.15) is 0 Å². The van der Waals surface area contributed by atoms with Gasteiger partial charge in [-0.15, -0.1) is 13.2 Å². The number of carbonyl (C=O) groups excluding carboxylic acids is 1. The Kier molecular flexibility index (Phi) is 8.91. The van der Waals surface area contributed by atoms with Gasteiger partial charge in [-0.1, -0.05) is 45.4 Å². The topological polar surface area (TPSA) is 75.0 Å². The average Bonchev–Trinajstić information content (AvgIpc) is 3.21. The second kappa shape index (κ2) is 12.2. The summed E-state index contributed by atoms with van der Waals surface area (Å²) in [7, 11) is 0. The molecule has 0 saturated heterocycles. The van der Waals surface area contributed by atoms with Gasteiger partial charge in [0.2, 0.25) is 0 Å². The molecule has 1 aromatic heterocycles. The maximum absolute atomic E-state index is 13.2. The van der Waals surface area contributed by atoms with Crippen LogP contribution in [-0.4, -0.2) is 24.5 Å². The van der Waals surface area contributed by atoms with Crippen LogP contribution in [0.4, 0.5) is 13.2 Å². The van der Waals surface area contributed by atoms with Crippen molar-refractivity contribution in [1.29, 1.82) is 0 Å². The van der Waals surface area contributed by atoms with Crippen molar-refractivity contribution in [1.82, 2.24) is 0 Å². The van der Waals surface area contributed by atoms with Gasteiger partial charge < -0.3 is 18.6 Å². The minimum absolute atomic E-state index is 0.00248. The zero-order chi connectivity index (χ0) is 29.0. The lowest BCUT2D eigenvalue weighted by Gasteiger charge is -2.22. The summed E-state index contributed by atoms with van der Waals surface area (Å²) in [6.07, 6.45) is -0.717. The highest BCUT2D eigenvalue weighted by molar-refractivity contribution is 5.87. The lowest BCUT2D eigenvalue weighted by molar-refractivity contribution is -0.274. The molecule has 0 aliphatic heterocycles. The van der Waals surface area contributed by atoms with Crippen LogP contribution in [0.15, 0.2) is 63.8 Å². The molecule has 2 aromatic carbocycles. The van der Waals surface area contributed by atoms with Crippen LogP contribution in [0.3, 0.4) is 0 Å². The molecule has 1 saturated carbocycles. The SMILES string of the molecule is C=C(C)C(=O)OC1CCC(Oc2ccc3cc(-c4ccc(CCCCC)cc4OC(F)(F)F)c(=O)oc3c2)C1C. The molecule has 214 valence electrons. The van der Waals surface area contributed by atoms with Crippen molar-refractivity contribution in [2.24, 2.45) is 5.92 Å². The molecule has 9 heteroatoms. The van der Waals surface area contributed by atoms with Gasteiger partial charge in [0.15, 0.2) is 0 Å². The van der Waals surface area contributed by atoms with E-state index in [-0.39, 0.29) is 34.8 Å². The molecule has 1 heterocycles. The zero-order valence-electron chi connectivity index (χ0n) is 22.8. The van der Waals surface area contributed by atoms with E-state index in [4.69, 9.17) is 13.9 Å². The van der Waals surface area contributed by atoms with Crippen LogP contribution < -0.4 is 15.1 Å². The van der Waals surface area contributed by atoms with Crippen LogP contribution in [0, 0.1) is 5.92 Å². The van der Waals surface area contributed by atoms with E-state index in [1.807, 2.05) is 13.8 Å². The van der Waals surface area contributed by atoms with Crippen molar-refractivity contribution in [2.75, 3.05) is 0 Å². The van der Waals surface area contributed by atoms with Crippen molar-refractivity contribution in [3.63, 3.8) is 0 Å². The molecule has 0 spiro atoms. The summed E-state index contributed by atoms with van der Waals surface area (Å²) in [6, 6.07) is 11.0. The minimum Gasteiger partial charge on any atom is -0.490 e. The summed E-state index contributed by atoms with van der Waals surface area (Å²) in [5.41, 5.74) is 0.435. The average molecular weight is 559 g/mol. The first-order valence-electron chi connectivity index (χ1n) is 13.4. The molecule has 3 aromatic rings. The number of unbranched alkanes of at least 4 members (excludes halogenated alkanes) is 2. The number of aryl methyl sites for hydroxylation is 1. The summed E-state index contributed by atoms with van der Waals surface area (Å²) >= 11 is 0. The normalized spacial score (nSPS) is 19.0. The number of hydrogen-bond donors (Lipinski definition) is 0. The highest BCUT2D eigenvalue weighted by atomic mass is 19.4. The lowest BCUT2D eigenvalue weighted by Crippen LogP contribution is -2.28. The third-order valence-corrected chi connectivity index (χ3v) is 7.14. The van der Waals surface area contributed by atoms with E-state index in [9.17, 15) is 22.8 Å². The number of fused-ring (bicyclic) bond motifs is 1. The molecule has 1 aliphatic rings. The fourth-order valence-electron chi connectivity index (χ4n) is 4.92. The van der Waals surface area contributed by atoms with Crippen molar-refractivity contribution in [2.45, 2.75) is 77.9 Å². The van der Waals surface area contributed by atoms with Crippen LogP contribution in [-0.2, 0) is 16.0 Å². The highest BCUT2D eigenvalue weighted by Gasteiger charge is 2.37. The fourth-order valence-corrected chi connectivity index (χ4v) is 4.92. The maximum Gasteiger partial charge on any atom is 0.573 e. The van der Waals surface area contributed by atoms with Crippen LogP contribution in [0.5, 0.6) is 11.5 Å². The Labute approximate surface area is 230 Å². The van der Waals surface area contributed by atoms with Gasteiger partial charge in [-0.05, 0) is 62.4 Å². The monoisotopic (exact) mass is 558 g/mol. The molecular weight excluding hydrogens is 525 g/mol. The molecule has 40 heavy (non-hydrogen) atoms. The number of alkyl halides is 3. The van der Waals surface area contributed by atoms with Crippen LogP contribution in [0.1, 0.15) is 58.4 Å². The number of halogens is 3. The van der Waals surface area contributed by atoms with E-state index >= 15 is 0 Å². The van der Waals surface area contributed by atoms with Crippen molar-refractivity contribution in [3.05, 3.63) is 70.6 Å². The number of hydrogen-bond acceptors (Lipinski definition) is 6. The van der Waals surface area contributed by atoms with E-state index in [0.717, 1.165) is 19.3 Å². The summed E-state index contributed by atoms with van der Waals surface area (Å²) in [6.45, 7) is 9.19. The Morgan fingerprint density at radius 3 is 2.50 bits per heavy atom. The quantitative estimate of drug-likeness (QED) is 0.110. The van der Waals surface area contributed by atoms with Gasteiger partial charge in [0.05, 0.1) is 5.56 Å². The second-order valence-corrected chi connectivity index (χ2v) is 10.3. The number of carbonyl (C=O) groups is 1. The third-order valence-electron chi connectivity index (χ3n) is 7.14. The number of benzene rings is 2. The Balaban J connectivity index is 1.58. The smallest absolute Gasteiger partial charge is 0.490 e. The van der Waals surface area contributed by atoms with Gasteiger partial charge >= 0.3 is 18.0 Å². The molecule has 0 bridgehead atoms. The number of ether oxygens (including phenoxy) is 3. The second-order valence-electron chi connectivity index (χ2n) is 10.3. The number of rotatable bonds is 10. The Morgan fingerprint density at radius 1 is 1.05 bits per heavy atom. The molecule has 1 aliphatic carbocycles. The van der Waals surface area contributed by atoms with Crippen molar-refractivity contribution in [3.8, 4) is 22.6 Å². The Hall–Kier alpha value is -3.75. The lowest BCUT2D eigenvalue weighted by atomic mass is 10.00. The van der Waals surface area contributed by atoms with E-state index < -0.39 is 23.7 Å². The fraction of sp³-hybridized carbons (Fsp3) is 0.419. The predicted molar refractivity (Wildman–Crippen MR) is 145 cm³/mol. The van der Waals surface area contributed by atoms with E-state index in [1.54, 1.807) is 31.2 Å². The molecular formula is C31H33F3O6. The van der Waals surface area contributed by atoms with Crippen LogP contribution >= 0.6 is 0 Å². The Bertz CT molecular complexity index is 1440. The molecule has 3 atom stereocenters. The van der Waals surface area contributed by atoms with Crippen molar-refractivity contribution >= 4 is 16.9 Å². The molecule has 3 unspecified atom stereocenters. The molecule has 4 rings (SSSR count). The predicted octanol–water partition coefficient (Wildman–Crippen LogP) is 7.76. The minimum atomic E-state index is -4.92. The standard InChI is InChI=1S/C31H33F3O6/c1-5-6-7-8-20-9-12-23(28(15-20)40-31(32,33)34)24-16-21-10-11-22(17-27(21)39-30(24)36)37-25-13-14-26(19(25)4)38-29(35)18(2)3/h9-12,15-17,19,25-26H,2,5-8,13-14H2,1,3-4H3. The summed E-state index contributed by atoms with van der Waals surface area (Å²) < 4.78 is 61.1. The zero-order valence-corrected chi connectivity index (χ0v) is 22.8. The third kappa shape index (κ3) is 7.06. The number of esters is 1. The van der Waals surface area contributed by atoms with Gasteiger partial charge in [0.1, 0.15) is 29.3 Å². The van der Waals surface area contributed by atoms with Gasteiger partial charge in [-0.3, -0.25) is 0 Å². The summed E-state index contributed by atoms with van der Waals surface area (Å²) in [5, 5.41) is 0.514. The molecule has 6 nitrogen and oxygen atoms in total. The highest BCUT2D eigenvalue weighted by Crippen LogP contribution is 2.36. The molecule has 0 N–H and O–H groups in total. The molecule has 1 fully saturated rings. The first-order valence-corrected chi connectivity index (χ1v) is 13.4. The molecule has 0 amide bonds. The summed E-state index contributed by atoms with van der Waals surface area (Å²) in [5.74, 6) is -0.476. The van der Waals surface area contributed by atoms with Gasteiger partial charge in [0, 0.05) is 28.5 Å². The van der Waals surface area contributed by atoms with E-state index in [1.165, 1.54) is 18.2 Å². The van der Waals surface area contributed by atoms with Crippen molar-refractivity contribution < 1.29 is 36.6 Å². The summed E-state index contributed by atoms with van der Waals surface area (Å²) in [4.78, 5) is 24.9. The maximum atomic E-state index is 13.2. The first kappa shape index (κ1) is 29.2. The molecule has 0 radical (unpaired) electrons. The van der Waals surface area contributed by atoms with E-state index in [0.29, 0.717) is 41.5 Å². The van der Waals surface area contributed by atoms with E-state index in [2.05, 4.69) is 11.3 Å². The largest absolute Gasteiger partial charge is 0.573 e.